The Morgan fingerprint density at radius 3 is 2.72 bits per heavy atom. The maximum atomic E-state index is 12.9. The number of rotatable bonds is 5. The van der Waals surface area contributed by atoms with Crippen molar-refractivity contribution in [2.45, 2.75) is 26.3 Å². The minimum absolute atomic E-state index is 0.0407. The zero-order chi connectivity index (χ0) is 20.4. The summed E-state index contributed by atoms with van der Waals surface area (Å²) >= 11 is 0. The lowest BCUT2D eigenvalue weighted by atomic mass is 9.99. The molecule has 3 aromatic rings. The molecule has 29 heavy (non-hydrogen) atoms. The maximum absolute atomic E-state index is 12.9. The van der Waals surface area contributed by atoms with Crippen molar-refractivity contribution >= 4 is 16.8 Å². The first kappa shape index (κ1) is 19.1. The van der Waals surface area contributed by atoms with Gasteiger partial charge in [0, 0.05) is 54.1 Å². The minimum atomic E-state index is -0.0740. The van der Waals surface area contributed by atoms with E-state index in [1.165, 1.54) is 0 Å². The summed E-state index contributed by atoms with van der Waals surface area (Å²) in [6.07, 6.45) is 9.57. The van der Waals surface area contributed by atoms with Gasteiger partial charge in [-0.2, -0.15) is 0 Å². The van der Waals surface area contributed by atoms with E-state index in [1.807, 2.05) is 54.4 Å². The molecule has 0 aliphatic carbocycles. The molecule has 0 bridgehead atoms. The number of aromatic nitrogens is 2. The highest BCUT2D eigenvalue weighted by molar-refractivity contribution is 6.00. The van der Waals surface area contributed by atoms with Gasteiger partial charge in [-0.05, 0) is 44.0 Å². The van der Waals surface area contributed by atoms with E-state index in [4.69, 9.17) is 4.74 Å². The Morgan fingerprint density at radius 1 is 1.21 bits per heavy atom. The number of ether oxygens (including phenoxy) is 1. The van der Waals surface area contributed by atoms with Gasteiger partial charge in [0.2, 0.25) is 0 Å². The van der Waals surface area contributed by atoms with Gasteiger partial charge in [-0.3, -0.25) is 9.59 Å². The molecule has 0 spiro atoms. The normalized spacial score (nSPS) is 14.2. The molecular formula is C23H25N3O3. The van der Waals surface area contributed by atoms with E-state index < -0.39 is 0 Å². The van der Waals surface area contributed by atoms with E-state index in [9.17, 15) is 9.59 Å². The van der Waals surface area contributed by atoms with E-state index >= 15 is 0 Å². The topological polar surface area (TPSA) is 67.3 Å². The summed E-state index contributed by atoms with van der Waals surface area (Å²) in [5.41, 5.74) is 2.77. The molecule has 0 saturated carbocycles. The van der Waals surface area contributed by atoms with E-state index in [-0.39, 0.29) is 11.5 Å². The van der Waals surface area contributed by atoms with Crippen molar-refractivity contribution in [3.63, 3.8) is 0 Å². The first-order valence-corrected chi connectivity index (χ1v) is 9.93. The number of amides is 1. The molecule has 0 radical (unpaired) electrons. The predicted octanol–water partition coefficient (Wildman–Crippen LogP) is 3.82. The standard InChI is InChI=1S/C23H25N3O3/c1-3-4-11-26-15-19(17-9-10-24-21(17)23(26)28)18-14-16(7-8-20(18)29-2)22(27)25-12-5-6-13-25/h3-4,7-10,14-15,24H,5-6,11-13H2,1-2H3/b4-3+. The van der Waals surface area contributed by atoms with Gasteiger partial charge < -0.3 is 19.2 Å². The number of benzene rings is 1. The molecule has 1 amide bonds. The van der Waals surface area contributed by atoms with Crippen molar-refractivity contribution in [1.82, 2.24) is 14.5 Å². The predicted molar refractivity (Wildman–Crippen MR) is 114 cm³/mol. The number of hydrogen-bond donors (Lipinski definition) is 1. The number of carbonyl (C=O) groups is 1. The first-order chi connectivity index (χ1) is 14.1. The molecule has 1 aliphatic heterocycles. The second-order valence-corrected chi connectivity index (χ2v) is 7.25. The van der Waals surface area contributed by atoms with Crippen LogP contribution in [0, 0.1) is 0 Å². The molecule has 2 aromatic heterocycles. The van der Waals surface area contributed by atoms with Crippen molar-refractivity contribution in [3.8, 4) is 16.9 Å². The SMILES string of the molecule is C/C=C/Cn1cc(-c2cc(C(=O)N3CCCC3)ccc2OC)c2cc[nH]c2c1=O. The molecule has 1 aromatic carbocycles. The Hall–Kier alpha value is -3.28. The van der Waals surface area contributed by atoms with Gasteiger partial charge in [-0.1, -0.05) is 12.2 Å². The summed E-state index contributed by atoms with van der Waals surface area (Å²) in [5, 5.41) is 0.816. The lowest BCUT2D eigenvalue weighted by molar-refractivity contribution is 0.0793. The zero-order valence-corrected chi connectivity index (χ0v) is 16.8. The van der Waals surface area contributed by atoms with Gasteiger partial charge in [0.05, 0.1) is 7.11 Å². The Labute approximate surface area is 169 Å². The van der Waals surface area contributed by atoms with E-state index in [0.29, 0.717) is 23.4 Å². The zero-order valence-electron chi connectivity index (χ0n) is 16.8. The molecule has 0 unspecified atom stereocenters. The number of likely N-dealkylation sites (tertiary alicyclic amines) is 1. The van der Waals surface area contributed by atoms with Crippen molar-refractivity contribution in [2.24, 2.45) is 0 Å². The van der Waals surface area contributed by atoms with Gasteiger partial charge in [-0.25, -0.2) is 0 Å². The van der Waals surface area contributed by atoms with Crippen LogP contribution in [0.3, 0.4) is 0 Å². The molecule has 150 valence electrons. The lowest BCUT2D eigenvalue weighted by Crippen LogP contribution is -2.27. The van der Waals surface area contributed by atoms with Crippen molar-refractivity contribution in [2.75, 3.05) is 20.2 Å². The fraction of sp³-hybridized carbons (Fsp3) is 0.304. The second-order valence-electron chi connectivity index (χ2n) is 7.25. The Morgan fingerprint density at radius 2 is 2.00 bits per heavy atom. The van der Waals surface area contributed by atoms with Crippen molar-refractivity contribution in [1.29, 1.82) is 0 Å². The van der Waals surface area contributed by atoms with Gasteiger partial charge in [-0.15, -0.1) is 0 Å². The van der Waals surface area contributed by atoms with Crippen LogP contribution < -0.4 is 10.3 Å². The summed E-state index contributed by atoms with van der Waals surface area (Å²) < 4.78 is 7.27. The van der Waals surface area contributed by atoms with Crippen LogP contribution in [0.25, 0.3) is 22.0 Å². The average Bonchev–Trinajstić information content (AvgIpc) is 3.45. The van der Waals surface area contributed by atoms with Gasteiger partial charge in [0.1, 0.15) is 11.3 Å². The maximum Gasteiger partial charge on any atom is 0.275 e. The lowest BCUT2D eigenvalue weighted by Gasteiger charge is -2.18. The molecule has 6 heteroatoms. The number of pyridine rings is 1. The van der Waals surface area contributed by atoms with Crippen LogP contribution in [-0.2, 0) is 6.54 Å². The number of H-pyrrole nitrogens is 1. The molecule has 1 N–H and O–H groups in total. The van der Waals surface area contributed by atoms with Gasteiger partial charge in [0.25, 0.3) is 11.5 Å². The van der Waals surface area contributed by atoms with Crippen LogP contribution in [0.2, 0.25) is 0 Å². The number of nitrogens with zero attached hydrogens (tertiary/aromatic N) is 2. The third-order valence-electron chi connectivity index (χ3n) is 5.46. The smallest absolute Gasteiger partial charge is 0.275 e. The van der Waals surface area contributed by atoms with Crippen molar-refractivity contribution in [3.05, 3.63) is 64.7 Å². The summed E-state index contributed by atoms with van der Waals surface area (Å²) in [5.74, 6) is 0.709. The number of nitrogens with one attached hydrogen (secondary N) is 1. The van der Waals surface area contributed by atoms with Crippen LogP contribution in [0.1, 0.15) is 30.1 Å². The molecule has 6 nitrogen and oxygen atoms in total. The average molecular weight is 391 g/mol. The number of carbonyl (C=O) groups excluding carboxylic acids is 1. The number of fused-ring (bicyclic) bond motifs is 1. The highest BCUT2D eigenvalue weighted by atomic mass is 16.5. The molecule has 1 fully saturated rings. The van der Waals surface area contributed by atoms with Crippen LogP contribution in [0.15, 0.2) is 53.6 Å². The number of methoxy groups -OCH3 is 1. The van der Waals surface area contributed by atoms with E-state index in [0.717, 1.165) is 42.4 Å². The van der Waals surface area contributed by atoms with Crippen LogP contribution >= 0.6 is 0 Å². The molecule has 0 atom stereocenters. The fourth-order valence-corrected chi connectivity index (χ4v) is 3.92. The molecule has 1 saturated heterocycles. The fourth-order valence-electron chi connectivity index (χ4n) is 3.92. The highest BCUT2D eigenvalue weighted by Crippen LogP contribution is 2.35. The Balaban J connectivity index is 1.89. The van der Waals surface area contributed by atoms with Crippen LogP contribution in [0.5, 0.6) is 5.75 Å². The molecular weight excluding hydrogens is 366 g/mol. The third-order valence-corrected chi connectivity index (χ3v) is 5.46. The number of allylic oxidation sites excluding steroid dienone is 2. The van der Waals surface area contributed by atoms with E-state index in [2.05, 4.69) is 4.98 Å². The third kappa shape index (κ3) is 3.46. The minimum Gasteiger partial charge on any atom is -0.496 e. The van der Waals surface area contributed by atoms with Crippen LogP contribution in [-0.4, -0.2) is 40.6 Å². The molecule has 3 heterocycles. The summed E-state index contributed by atoms with van der Waals surface area (Å²) in [4.78, 5) is 30.7. The quantitative estimate of drug-likeness (QED) is 0.673. The second kappa shape index (κ2) is 7.99. The molecule has 1 aliphatic rings. The first-order valence-electron chi connectivity index (χ1n) is 9.93. The summed E-state index contributed by atoms with van der Waals surface area (Å²) in [7, 11) is 1.62. The Kier molecular flexibility index (Phi) is 5.25. The largest absolute Gasteiger partial charge is 0.496 e. The van der Waals surface area contributed by atoms with Crippen LogP contribution in [0.4, 0.5) is 0 Å². The van der Waals surface area contributed by atoms with Gasteiger partial charge in [0.15, 0.2) is 0 Å². The van der Waals surface area contributed by atoms with E-state index in [1.54, 1.807) is 17.9 Å². The molecule has 4 rings (SSSR count). The van der Waals surface area contributed by atoms with Crippen molar-refractivity contribution < 1.29 is 9.53 Å². The highest BCUT2D eigenvalue weighted by Gasteiger charge is 2.22. The Bertz CT molecular complexity index is 1130. The summed E-state index contributed by atoms with van der Waals surface area (Å²) in [6.45, 7) is 4.01. The summed E-state index contributed by atoms with van der Waals surface area (Å²) in [6, 6.07) is 7.41. The van der Waals surface area contributed by atoms with Gasteiger partial charge >= 0.3 is 0 Å². The monoisotopic (exact) mass is 391 g/mol. The number of aromatic amines is 1. The number of hydrogen-bond acceptors (Lipinski definition) is 3.